The number of ether oxygens (including phenoxy) is 1. The average Bonchev–Trinajstić information content (AvgIpc) is 2.61. The first kappa shape index (κ1) is 20.8. The number of hydrogen-bond acceptors (Lipinski definition) is 4. The highest BCUT2D eigenvalue weighted by molar-refractivity contribution is 7.92. The van der Waals surface area contributed by atoms with E-state index in [2.05, 4.69) is 5.32 Å². The fraction of sp³-hybridized carbons (Fsp3) is 0.350. The summed E-state index contributed by atoms with van der Waals surface area (Å²) in [6, 6.07) is 13.5. The molecule has 0 spiro atoms. The average molecular weight is 391 g/mol. The van der Waals surface area contributed by atoms with Gasteiger partial charge in [-0.1, -0.05) is 30.3 Å². The fourth-order valence-corrected chi connectivity index (χ4v) is 3.92. The number of carbonyl (C=O) groups excluding carboxylic acids is 1. The molecule has 2 aromatic rings. The molecule has 7 heteroatoms. The molecule has 1 atom stereocenters. The molecule has 0 saturated heterocycles. The minimum absolute atomic E-state index is 0.281. The maximum atomic E-state index is 12.5. The van der Waals surface area contributed by atoms with Crippen molar-refractivity contribution in [3.63, 3.8) is 0 Å². The van der Waals surface area contributed by atoms with Gasteiger partial charge in [-0.15, -0.1) is 0 Å². The Kier molecular flexibility index (Phi) is 6.85. The fourth-order valence-electron chi connectivity index (χ4n) is 2.75. The predicted molar refractivity (Wildman–Crippen MR) is 108 cm³/mol. The molecule has 1 N–H and O–H groups in total. The molecule has 0 unspecified atom stereocenters. The highest BCUT2D eigenvalue weighted by Crippen LogP contribution is 2.21. The number of hydrogen-bond donors (Lipinski definition) is 1. The van der Waals surface area contributed by atoms with Crippen molar-refractivity contribution in [3.8, 4) is 5.75 Å². The first-order valence-electron chi connectivity index (χ1n) is 8.73. The second kappa shape index (κ2) is 8.90. The van der Waals surface area contributed by atoms with E-state index in [1.54, 1.807) is 37.3 Å². The topological polar surface area (TPSA) is 75.7 Å². The van der Waals surface area contributed by atoms with Gasteiger partial charge in [0.05, 0.1) is 18.5 Å². The van der Waals surface area contributed by atoms with E-state index in [4.69, 9.17) is 4.74 Å². The Balaban J connectivity index is 1.96. The second-order valence-corrected chi connectivity index (χ2v) is 8.27. The van der Waals surface area contributed by atoms with Crippen molar-refractivity contribution in [2.24, 2.45) is 0 Å². The number of anilines is 1. The number of aryl methyl sites for hydroxylation is 1. The van der Waals surface area contributed by atoms with Gasteiger partial charge in [-0.05, 0) is 50.1 Å². The summed E-state index contributed by atoms with van der Waals surface area (Å²) in [6.07, 6.45) is 1.09. The van der Waals surface area contributed by atoms with Crippen LogP contribution in [0.4, 0.5) is 5.69 Å². The first-order chi connectivity index (χ1) is 12.7. The Labute approximate surface area is 161 Å². The maximum absolute atomic E-state index is 12.5. The van der Waals surface area contributed by atoms with Gasteiger partial charge in [0.25, 0.3) is 0 Å². The lowest BCUT2D eigenvalue weighted by molar-refractivity contribution is -0.121. The molecule has 0 saturated carbocycles. The largest absolute Gasteiger partial charge is 0.491 e. The Morgan fingerprint density at radius 3 is 2.41 bits per heavy atom. The van der Waals surface area contributed by atoms with Crippen LogP contribution in [0, 0.1) is 13.8 Å². The zero-order valence-corrected chi connectivity index (χ0v) is 16.9. The molecule has 0 bridgehead atoms. The van der Waals surface area contributed by atoms with Crippen molar-refractivity contribution >= 4 is 21.6 Å². The molecule has 27 heavy (non-hydrogen) atoms. The third kappa shape index (κ3) is 5.47. The molecular weight excluding hydrogens is 364 g/mol. The zero-order chi connectivity index (χ0) is 20.0. The summed E-state index contributed by atoms with van der Waals surface area (Å²) in [5.74, 6) is 0.396. The molecule has 0 aliphatic rings. The molecule has 2 aromatic carbocycles. The lowest BCUT2D eigenvalue weighted by Crippen LogP contribution is -2.48. The van der Waals surface area contributed by atoms with Gasteiger partial charge >= 0.3 is 0 Å². The van der Waals surface area contributed by atoms with Crippen LogP contribution in [-0.4, -0.2) is 39.8 Å². The number of amides is 1. The Morgan fingerprint density at radius 1 is 1.11 bits per heavy atom. The number of carbonyl (C=O) groups is 1. The Hall–Kier alpha value is -2.54. The van der Waals surface area contributed by atoms with Crippen molar-refractivity contribution in [2.75, 3.05) is 23.7 Å². The highest BCUT2D eigenvalue weighted by atomic mass is 32.2. The maximum Gasteiger partial charge on any atom is 0.243 e. The van der Waals surface area contributed by atoms with E-state index in [0.29, 0.717) is 12.3 Å². The predicted octanol–water partition coefficient (Wildman–Crippen LogP) is 2.65. The van der Waals surface area contributed by atoms with Gasteiger partial charge in [-0.25, -0.2) is 8.42 Å². The summed E-state index contributed by atoms with van der Waals surface area (Å²) < 4.78 is 31.2. The zero-order valence-electron chi connectivity index (χ0n) is 16.1. The molecule has 2 rings (SSSR count). The smallest absolute Gasteiger partial charge is 0.243 e. The van der Waals surface area contributed by atoms with Gasteiger partial charge in [0.15, 0.2) is 0 Å². The molecule has 6 nitrogen and oxygen atoms in total. The molecule has 146 valence electrons. The monoisotopic (exact) mass is 390 g/mol. The van der Waals surface area contributed by atoms with E-state index in [0.717, 1.165) is 27.4 Å². The van der Waals surface area contributed by atoms with E-state index in [-0.39, 0.29) is 12.5 Å². The van der Waals surface area contributed by atoms with Gasteiger partial charge in [0, 0.05) is 0 Å². The van der Waals surface area contributed by atoms with Crippen molar-refractivity contribution in [3.05, 3.63) is 59.7 Å². The van der Waals surface area contributed by atoms with Crippen LogP contribution < -0.4 is 14.4 Å². The summed E-state index contributed by atoms with van der Waals surface area (Å²) in [5.41, 5.74) is 2.65. The van der Waals surface area contributed by atoms with E-state index < -0.39 is 16.1 Å². The van der Waals surface area contributed by atoms with E-state index in [9.17, 15) is 13.2 Å². The van der Waals surface area contributed by atoms with Gasteiger partial charge < -0.3 is 10.1 Å². The minimum atomic E-state index is -3.60. The highest BCUT2D eigenvalue weighted by Gasteiger charge is 2.28. The molecular formula is C20H26N2O4S. The number of nitrogens with zero attached hydrogens (tertiary/aromatic N) is 1. The van der Waals surface area contributed by atoms with Crippen LogP contribution in [0.5, 0.6) is 5.75 Å². The molecule has 0 fully saturated rings. The minimum Gasteiger partial charge on any atom is -0.491 e. The Bertz CT molecular complexity index is 882. The Morgan fingerprint density at radius 2 is 1.78 bits per heavy atom. The summed E-state index contributed by atoms with van der Waals surface area (Å²) in [5, 5.41) is 2.74. The van der Waals surface area contributed by atoms with Crippen LogP contribution in [0.1, 0.15) is 18.1 Å². The van der Waals surface area contributed by atoms with Crippen LogP contribution in [0.3, 0.4) is 0 Å². The molecule has 0 aromatic heterocycles. The van der Waals surface area contributed by atoms with Crippen LogP contribution in [0.15, 0.2) is 48.5 Å². The molecule has 0 aliphatic carbocycles. The lowest BCUT2D eigenvalue weighted by atomic mass is 10.1. The summed E-state index contributed by atoms with van der Waals surface area (Å²) in [6.45, 7) is 6.13. The van der Waals surface area contributed by atoms with Crippen molar-refractivity contribution in [1.82, 2.24) is 5.32 Å². The second-order valence-electron chi connectivity index (χ2n) is 6.41. The van der Waals surface area contributed by atoms with Gasteiger partial charge in [0.1, 0.15) is 18.4 Å². The SMILES string of the molecule is Cc1cccc(OCCNC(=O)[C@@H](C)N(c2ccccc2)S(C)(=O)=O)c1C. The van der Waals surface area contributed by atoms with Gasteiger partial charge in [0.2, 0.25) is 15.9 Å². The quantitative estimate of drug-likeness (QED) is 0.703. The number of para-hydroxylation sites is 1. The molecule has 0 radical (unpaired) electrons. The van der Waals surface area contributed by atoms with E-state index >= 15 is 0 Å². The molecule has 0 aliphatic heterocycles. The van der Waals surface area contributed by atoms with Crippen LogP contribution in [-0.2, 0) is 14.8 Å². The lowest BCUT2D eigenvalue weighted by Gasteiger charge is -2.28. The van der Waals surface area contributed by atoms with Crippen LogP contribution in [0.25, 0.3) is 0 Å². The number of benzene rings is 2. The third-order valence-corrected chi connectivity index (χ3v) is 5.55. The normalized spacial score (nSPS) is 12.3. The van der Waals surface area contributed by atoms with E-state index in [1.165, 1.54) is 0 Å². The van der Waals surface area contributed by atoms with E-state index in [1.807, 2.05) is 32.0 Å². The molecule has 1 amide bonds. The van der Waals surface area contributed by atoms with Gasteiger partial charge in [-0.3, -0.25) is 9.10 Å². The number of nitrogens with one attached hydrogen (secondary N) is 1. The van der Waals surface area contributed by atoms with Crippen LogP contribution >= 0.6 is 0 Å². The van der Waals surface area contributed by atoms with Gasteiger partial charge in [-0.2, -0.15) is 0 Å². The van der Waals surface area contributed by atoms with Crippen LogP contribution in [0.2, 0.25) is 0 Å². The number of rotatable bonds is 8. The standard InChI is InChI=1S/C20H26N2O4S/c1-15-9-8-12-19(16(15)2)26-14-13-21-20(23)17(3)22(27(4,24)25)18-10-6-5-7-11-18/h5-12,17H,13-14H2,1-4H3,(H,21,23)/t17-/m1/s1. The third-order valence-electron chi connectivity index (χ3n) is 4.31. The van der Waals surface area contributed by atoms with Crippen molar-refractivity contribution < 1.29 is 17.9 Å². The summed E-state index contributed by atoms with van der Waals surface area (Å²) in [4.78, 5) is 12.5. The summed E-state index contributed by atoms with van der Waals surface area (Å²) in [7, 11) is -3.60. The first-order valence-corrected chi connectivity index (χ1v) is 10.6. The number of sulfonamides is 1. The summed E-state index contributed by atoms with van der Waals surface area (Å²) >= 11 is 0. The van der Waals surface area contributed by atoms with Crippen molar-refractivity contribution in [2.45, 2.75) is 26.8 Å². The molecule has 0 heterocycles. The van der Waals surface area contributed by atoms with Crippen molar-refractivity contribution in [1.29, 1.82) is 0 Å².